The Morgan fingerprint density at radius 3 is 2.43 bits per heavy atom. The zero-order valence-electron chi connectivity index (χ0n) is 29.3. The number of para-hydroxylation sites is 1. The molecule has 5 aromatic rings. The van der Waals surface area contributed by atoms with E-state index in [1.165, 1.54) is 11.2 Å². The zero-order chi connectivity index (χ0) is 36.8. The van der Waals surface area contributed by atoms with Gasteiger partial charge in [-0.3, -0.25) is 24.7 Å². The maximum Gasteiger partial charge on any atom is 0.256 e. The van der Waals surface area contributed by atoms with Crippen LogP contribution in [0.1, 0.15) is 47.8 Å². The number of amides is 3. The van der Waals surface area contributed by atoms with Crippen LogP contribution in [0.2, 0.25) is 0 Å². The highest BCUT2D eigenvalue weighted by molar-refractivity contribution is 6.05. The van der Waals surface area contributed by atoms with E-state index in [0.29, 0.717) is 41.6 Å². The second kappa shape index (κ2) is 13.7. The second-order valence-electron chi connectivity index (χ2n) is 13.7. The molecule has 0 saturated carbocycles. The lowest BCUT2D eigenvalue weighted by atomic mass is 10.0. The minimum Gasteiger partial charge on any atom is -0.457 e. The van der Waals surface area contributed by atoms with Crippen LogP contribution in [0.15, 0.2) is 97.6 Å². The quantitative estimate of drug-likeness (QED) is 0.228. The number of rotatable bonds is 7. The van der Waals surface area contributed by atoms with E-state index < -0.39 is 11.9 Å². The Labute approximate surface area is 310 Å². The van der Waals surface area contributed by atoms with Crippen LogP contribution in [0.3, 0.4) is 0 Å². The van der Waals surface area contributed by atoms with Gasteiger partial charge in [0.15, 0.2) is 5.65 Å². The fourth-order valence-electron chi connectivity index (χ4n) is 7.58. The molecule has 0 radical (unpaired) electrons. The van der Waals surface area contributed by atoms with Gasteiger partial charge < -0.3 is 20.3 Å². The smallest absolute Gasteiger partial charge is 0.256 e. The Hall–Kier alpha value is -6.61. The van der Waals surface area contributed by atoms with Crippen LogP contribution in [0.4, 0.5) is 11.6 Å². The number of piperidine rings is 2. The predicted molar refractivity (Wildman–Crippen MR) is 199 cm³/mol. The lowest BCUT2D eigenvalue weighted by molar-refractivity contribution is -0.136. The number of fused-ring (bicyclic) bond motifs is 2. The number of hydrogen-bond donors (Lipinski definition) is 2. The minimum atomic E-state index is -0.684. The molecule has 2 fully saturated rings. The first-order valence-corrected chi connectivity index (χ1v) is 18.0. The van der Waals surface area contributed by atoms with Crippen LogP contribution in [0.5, 0.6) is 11.5 Å². The number of carbonyl (C=O) groups excluding carboxylic acids is 3. The number of ether oxygens (including phenoxy) is 1. The molecule has 1 unspecified atom stereocenters. The van der Waals surface area contributed by atoms with Crippen LogP contribution in [0.25, 0.3) is 22.3 Å². The van der Waals surface area contributed by atoms with Crippen molar-refractivity contribution in [3.8, 4) is 22.8 Å². The van der Waals surface area contributed by atoms with E-state index in [0.717, 1.165) is 54.1 Å². The third-order valence-corrected chi connectivity index (χ3v) is 10.4. The van der Waals surface area contributed by atoms with E-state index in [9.17, 15) is 14.4 Å². The average molecular weight is 724 g/mol. The van der Waals surface area contributed by atoms with Gasteiger partial charge in [0.05, 0.1) is 29.2 Å². The third kappa shape index (κ3) is 6.17. The molecule has 15 heteroatoms. The van der Waals surface area contributed by atoms with Crippen molar-refractivity contribution in [2.24, 2.45) is 0 Å². The number of hydrogen-bond acceptors (Lipinski definition) is 12. The summed E-state index contributed by atoms with van der Waals surface area (Å²) < 4.78 is 8.01. The van der Waals surface area contributed by atoms with Gasteiger partial charge in [-0.15, -0.1) is 0 Å². The maximum atomic E-state index is 13.2. The number of allylic oxidation sites excluding steroid dienone is 2. The summed E-state index contributed by atoms with van der Waals surface area (Å²) in [4.78, 5) is 54.8. The number of hydrazine groups is 1. The first-order valence-electron chi connectivity index (χ1n) is 18.0. The zero-order valence-corrected chi connectivity index (χ0v) is 29.3. The Bertz CT molecular complexity index is 2320. The van der Waals surface area contributed by atoms with Crippen molar-refractivity contribution >= 4 is 40.4 Å². The highest BCUT2D eigenvalue weighted by Crippen LogP contribution is 2.36. The van der Waals surface area contributed by atoms with Gasteiger partial charge in [0.25, 0.3) is 5.91 Å². The Balaban J connectivity index is 0.884. The minimum absolute atomic E-state index is 0.0981. The fraction of sp³-hybridized carbons (Fsp3) is 0.256. The molecular formula is C39H37N11O4. The summed E-state index contributed by atoms with van der Waals surface area (Å²) in [5, 5.41) is 12.7. The summed E-state index contributed by atoms with van der Waals surface area (Å²) in [6.45, 7) is 2.28. The van der Waals surface area contributed by atoms with Gasteiger partial charge in [-0.05, 0) is 79.9 Å². The van der Waals surface area contributed by atoms with Crippen molar-refractivity contribution in [3.05, 3.63) is 109 Å². The van der Waals surface area contributed by atoms with E-state index in [1.807, 2.05) is 88.6 Å². The number of nitrogens with zero attached hydrogens (tertiary/aromatic N) is 9. The summed E-state index contributed by atoms with van der Waals surface area (Å²) in [5.74, 6) is 1.58. The first kappa shape index (κ1) is 33.2. The molecule has 3 amide bonds. The molecule has 3 aromatic heterocycles. The predicted octanol–water partition coefficient (Wildman–Crippen LogP) is 4.38. The molecule has 272 valence electrons. The molecule has 2 aromatic carbocycles. The van der Waals surface area contributed by atoms with Crippen molar-refractivity contribution in [1.29, 1.82) is 0 Å². The Morgan fingerprint density at radius 2 is 1.63 bits per heavy atom. The normalized spacial score (nSPS) is 19.4. The molecule has 0 bridgehead atoms. The summed E-state index contributed by atoms with van der Waals surface area (Å²) in [5.41, 5.74) is 9.88. The average Bonchev–Trinajstić information content (AvgIpc) is 3.63. The maximum absolute atomic E-state index is 13.2. The third-order valence-electron chi connectivity index (χ3n) is 10.4. The van der Waals surface area contributed by atoms with Gasteiger partial charge in [0.2, 0.25) is 11.8 Å². The molecule has 3 N–H and O–H groups in total. The number of aromatic nitrogens is 5. The number of imide groups is 1. The van der Waals surface area contributed by atoms with Gasteiger partial charge in [-0.1, -0.05) is 18.2 Å². The number of pyridine rings is 1. The second-order valence-corrected chi connectivity index (χ2v) is 13.7. The molecule has 0 spiro atoms. The number of carbonyl (C=O) groups is 3. The van der Waals surface area contributed by atoms with Crippen LogP contribution in [-0.4, -0.2) is 83.2 Å². The highest BCUT2D eigenvalue weighted by atomic mass is 16.5. The van der Waals surface area contributed by atoms with Crippen molar-refractivity contribution in [1.82, 2.24) is 45.0 Å². The summed E-state index contributed by atoms with van der Waals surface area (Å²) in [7, 11) is 0. The molecular weight excluding hydrogens is 687 g/mol. The van der Waals surface area contributed by atoms with E-state index in [-0.39, 0.29) is 30.8 Å². The Kier molecular flexibility index (Phi) is 8.46. The topological polar surface area (TPSA) is 168 Å². The monoisotopic (exact) mass is 723 g/mol. The molecule has 54 heavy (non-hydrogen) atoms. The van der Waals surface area contributed by atoms with E-state index in [1.54, 1.807) is 6.07 Å². The van der Waals surface area contributed by atoms with Crippen LogP contribution < -0.4 is 20.7 Å². The summed E-state index contributed by atoms with van der Waals surface area (Å²) in [6, 6.07) is 20.5. The molecule has 1 atom stereocenters. The number of nitrogens with one attached hydrogen (secondary N) is 1. The van der Waals surface area contributed by atoms with Crippen LogP contribution in [-0.2, 0) is 16.1 Å². The molecule has 4 aliphatic heterocycles. The largest absolute Gasteiger partial charge is 0.457 e. The molecule has 0 aliphatic carbocycles. The number of nitrogen functional groups attached to an aromatic ring is 1. The molecule has 4 aliphatic rings. The standard InChI is InChI=1S/C39H37N11O4/c40-36-34-35(25-8-10-28(11-9-25)54-27-6-2-1-3-7-27)45-50(37(34)42-23-41-36)26-16-20-47(21-17-26)48-19-5-4-18-46(24-48)32-14-12-29-30(43-32)22-49(39(29)53)31-13-15-33(51)44-38(31)52/h1-12,14,18-19,23,26,31H,13,15-17,20-22,24H2,(H2,40,41,42)(H,44,51,52). The SMILES string of the molecule is Nc1ncnc2c1c(-c1ccc(Oc3ccccc3)cc1)nn2C1CCN(N2C=CC=CN(c3ccc4c(n3)CN(C3CCC(=O)NC3=O)C4=O)C2)CC1. The van der Waals surface area contributed by atoms with Crippen LogP contribution in [0, 0.1) is 0 Å². The molecule has 9 rings (SSSR count). The number of anilines is 2. The van der Waals surface area contributed by atoms with Gasteiger partial charge >= 0.3 is 0 Å². The van der Waals surface area contributed by atoms with Crippen molar-refractivity contribution in [3.63, 3.8) is 0 Å². The molecule has 2 saturated heterocycles. The van der Waals surface area contributed by atoms with Crippen molar-refractivity contribution in [2.45, 2.75) is 44.3 Å². The number of benzene rings is 2. The molecule has 7 heterocycles. The van der Waals surface area contributed by atoms with Gasteiger partial charge in [0.1, 0.15) is 47.9 Å². The molecule has 15 nitrogen and oxygen atoms in total. The highest BCUT2D eigenvalue weighted by Gasteiger charge is 2.40. The van der Waals surface area contributed by atoms with E-state index >= 15 is 0 Å². The van der Waals surface area contributed by atoms with E-state index in [4.69, 9.17) is 20.6 Å². The van der Waals surface area contributed by atoms with Crippen molar-refractivity contribution < 1.29 is 19.1 Å². The summed E-state index contributed by atoms with van der Waals surface area (Å²) >= 11 is 0. The van der Waals surface area contributed by atoms with Crippen LogP contribution >= 0.6 is 0 Å². The lowest BCUT2D eigenvalue weighted by Crippen LogP contribution is -2.52. The Morgan fingerprint density at radius 1 is 0.852 bits per heavy atom. The van der Waals surface area contributed by atoms with Gasteiger partial charge in [-0.2, -0.15) is 5.10 Å². The first-order chi connectivity index (χ1) is 26.4. The van der Waals surface area contributed by atoms with Crippen molar-refractivity contribution in [2.75, 3.05) is 30.4 Å². The van der Waals surface area contributed by atoms with Gasteiger partial charge in [-0.25, -0.2) is 24.6 Å². The van der Waals surface area contributed by atoms with E-state index in [2.05, 4.69) is 31.5 Å². The lowest BCUT2D eigenvalue weighted by Gasteiger charge is -2.40. The fourth-order valence-corrected chi connectivity index (χ4v) is 7.58. The van der Waals surface area contributed by atoms with Gasteiger partial charge in [0, 0.05) is 37.5 Å². The number of nitrogens with two attached hydrogens (primary N) is 1. The summed E-state index contributed by atoms with van der Waals surface area (Å²) in [6.07, 6.45) is 11.6.